The Labute approximate surface area is 157 Å². The Morgan fingerprint density at radius 1 is 1.08 bits per heavy atom. The van der Waals surface area contributed by atoms with Crippen LogP contribution in [0.2, 0.25) is 0 Å². The van der Waals surface area contributed by atoms with E-state index in [4.69, 9.17) is 9.88 Å². The maximum Gasteiger partial charge on any atom is 0.306 e. The fourth-order valence-electron chi connectivity index (χ4n) is 5.14. The first-order valence-corrected chi connectivity index (χ1v) is 10.3. The van der Waals surface area contributed by atoms with Gasteiger partial charge < -0.3 is 5.11 Å². The molecule has 1 heterocycles. The monoisotopic (exact) mass is 368 g/mol. The highest BCUT2D eigenvalue weighted by atomic mass is 17.3. The summed E-state index contributed by atoms with van der Waals surface area (Å²) < 4.78 is 0. The van der Waals surface area contributed by atoms with Crippen LogP contribution in [0.1, 0.15) is 72.1 Å². The second kappa shape index (κ2) is 8.13. The standard InChI is InChI=1S/C20H36N2O4/c1-20(2,3)16-10-8-13(9-11-16)17-21-18(25-26-22(17)4)14-6-5-7-15(12-14)19(23)24/h13-18,21H,5-12H2,1-4H3,(H,23,24). The minimum absolute atomic E-state index is 0.139. The molecule has 6 heteroatoms. The molecule has 0 aromatic heterocycles. The van der Waals surface area contributed by atoms with E-state index in [0.717, 1.165) is 25.2 Å². The number of carboxylic acid groups (broad SMARTS) is 1. The largest absolute Gasteiger partial charge is 0.481 e. The molecule has 0 amide bonds. The van der Waals surface area contributed by atoms with Crippen LogP contribution in [-0.4, -0.2) is 35.6 Å². The number of aliphatic carboxylic acids is 1. The van der Waals surface area contributed by atoms with E-state index in [2.05, 4.69) is 26.1 Å². The summed E-state index contributed by atoms with van der Waals surface area (Å²) in [7, 11) is 1.92. The lowest BCUT2D eigenvalue weighted by Gasteiger charge is -2.46. The third kappa shape index (κ3) is 4.58. The van der Waals surface area contributed by atoms with E-state index < -0.39 is 5.97 Å². The van der Waals surface area contributed by atoms with E-state index in [1.807, 2.05) is 7.05 Å². The average Bonchev–Trinajstić information content (AvgIpc) is 2.61. The Kier molecular flexibility index (Phi) is 6.27. The molecule has 3 fully saturated rings. The van der Waals surface area contributed by atoms with Crippen LogP contribution in [0.15, 0.2) is 0 Å². The van der Waals surface area contributed by atoms with Gasteiger partial charge in [0, 0.05) is 13.0 Å². The molecular formula is C20H36N2O4. The zero-order valence-electron chi connectivity index (χ0n) is 16.7. The molecule has 2 aliphatic carbocycles. The first-order valence-electron chi connectivity index (χ1n) is 10.3. The van der Waals surface area contributed by atoms with Gasteiger partial charge in [0.1, 0.15) is 6.23 Å². The summed E-state index contributed by atoms with van der Waals surface area (Å²) in [5.41, 5.74) is 0.382. The summed E-state index contributed by atoms with van der Waals surface area (Å²) in [5, 5.41) is 14.8. The van der Waals surface area contributed by atoms with E-state index in [1.54, 1.807) is 5.06 Å². The number of carboxylic acids is 1. The zero-order chi connectivity index (χ0) is 18.9. The van der Waals surface area contributed by atoms with Crippen molar-refractivity contribution in [1.29, 1.82) is 0 Å². The zero-order valence-corrected chi connectivity index (χ0v) is 16.7. The molecule has 2 saturated carbocycles. The number of hydroxylamine groups is 2. The molecule has 4 unspecified atom stereocenters. The molecule has 2 N–H and O–H groups in total. The molecule has 0 bridgehead atoms. The topological polar surface area (TPSA) is 71.0 Å². The van der Waals surface area contributed by atoms with E-state index in [0.29, 0.717) is 17.8 Å². The van der Waals surface area contributed by atoms with Crippen LogP contribution in [0.4, 0.5) is 0 Å². The van der Waals surface area contributed by atoms with Gasteiger partial charge in [0.15, 0.2) is 0 Å². The molecule has 3 aliphatic rings. The number of rotatable bonds is 3. The van der Waals surface area contributed by atoms with Crippen molar-refractivity contribution in [2.24, 2.45) is 29.1 Å². The van der Waals surface area contributed by atoms with Crippen molar-refractivity contribution < 1.29 is 19.8 Å². The number of carbonyl (C=O) groups is 1. The van der Waals surface area contributed by atoms with Gasteiger partial charge in [-0.15, -0.1) is 10.1 Å². The van der Waals surface area contributed by atoms with Crippen LogP contribution in [0.3, 0.4) is 0 Å². The molecule has 4 atom stereocenters. The van der Waals surface area contributed by atoms with Crippen molar-refractivity contribution in [3.05, 3.63) is 0 Å². The lowest BCUT2D eigenvalue weighted by Crippen LogP contribution is -2.60. The summed E-state index contributed by atoms with van der Waals surface area (Å²) >= 11 is 0. The Hall–Kier alpha value is -0.690. The second-order valence-corrected chi connectivity index (χ2v) is 9.69. The van der Waals surface area contributed by atoms with Crippen LogP contribution in [0.5, 0.6) is 0 Å². The van der Waals surface area contributed by atoms with Crippen molar-refractivity contribution in [3.8, 4) is 0 Å². The molecule has 1 aliphatic heterocycles. The van der Waals surface area contributed by atoms with E-state index in [1.165, 1.54) is 25.7 Å². The fourth-order valence-corrected chi connectivity index (χ4v) is 5.14. The molecule has 0 aromatic rings. The van der Waals surface area contributed by atoms with Crippen molar-refractivity contribution in [2.75, 3.05) is 7.05 Å². The number of hydrogen-bond donors (Lipinski definition) is 2. The van der Waals surface area contributed by atoms with E-state index in [9.17, 15) is 9.90 Å². The molecule has 1 saturated heterocycles. The SMILES string of the molecule is CN1OOC(C2CCCC(C(=O)O)C2)NC1C1CCC(C(C)(C)C)CC1. The van der Waals surface area contributed by atoms with Gasteiger partial charge >= 0.3 is 5.97 Å². The molecule has 6 nitrogen and oxygen atoms in total. The average molecular weight is 369 g/mol. The fraction of sp³-hybridized carbons (Fsp3) is 0.950. The van der Waals surface area contributed by atoms with Gasteiger partial charge in [-0.25, -0.2) is 0 Å². The summed E-state index contributed by atoms with van der Waals surface area (Å²) in [5.74, 6) is 0.603. The molecule has 0 spiro atoms. The highest BCUT2D eigenvalue weighted by Gasteiger charge is 2.41. The second-order valence-electron chi connectivity index (χ2n) is 9.69. The van der Waals surface area contributed by atoms with Crippen LogP contribution < -0.4 is 5.32 Å². The van der Waals surface area contributed by atoms with Gasteiger partial charge in [-0.1, -0.05) is 27.2 Å². The predicted octanol–water partition coefficient (Wildman–Crippen LogP) is 3.78. The Balaban J connectivity index is 1.58. The first kappa shape index (κ1) is 20.1. The Morgan fingerprint density at radius 3 is 2.38 bits per heavy atom. The molecule has 0 aromatic carbocycles. The van der Waals surface area contributed by atoms with Crippen LogP contribution in [0, 0.1) is 29.1 Å². The normalized spacial score (nSPS) is 40.3. The molecule has 3 rings (SSSR count). The van der Waals surface area contributed by atoms with Gasteiger partial charge in [0.25, 0.3) is 0 Å². The summed E-state index contributed by atoms with van der Waals surface area (Å²) in [6.45, 7) is 7.04. The highest BCUT2D eigenvalue weighted by molar-refractivity contribution is 5.70. The van der Waals surface area contributed by atoms with Gasteiger partial charge in [-0.2, -0.15) is 4.89 Å². The third-order valence-corrected chi connectivity index (χ3v) is 6.93. The maximum absolute atomic E-state index is 11.4. The number of hydrogen-bond acceptors (Lipinski definition) is 5. The third-order valence-electron chi connectivity index (χ3n) is 6.93. The van der Waals surface area contributed by atoms with Crippen molar-refractivity contribution in [2.45, 2.75) is 84.5 Å². The van der Waals surface area contributed by atoms with Gasteiger partial charge in [0.05, 0.1) is 12.1 Å². The lowest BCUT2D eigenvalue weighted by atomic mass is 9.69. The Morgan fingerprint density at radius 2 is 1.77 bits per heavy atom. The quantitative estimate of drug-likeness (QED) is 0.739. The molecule has 0 radical (unpaired) electrons. The van der Waals surface area contributed by atoms with Crippen molar-refractivity contribution in [1.82, 2.24) is 10.4 Å². The van der Waals surface area contributed by atoms with Crippen LogP contribution >= 0.6 is 0 Å². The summed E-state index contributed by atoms with van der Waals surface area (Å²) in [6, 6.07) is 0. The highest BCUT2D eigenvalue weighted by Crippen LogP contribution is 2.42. The minimum atomic E-state index is -0.680. The van der Waals surface area contributed by atoms with Crippen LogP contribution in [0.25, 0.3) is 0 Å². The van der Waals surface area contributed by atoms with Crippen LogP contribution in [-0.2, 0) is 14.7 Å². The number of nitrogens with one attached hydrogen (secondary N) is 1. The molecular weight excluding hydrogens is 332 g/mol. The molecule has 150 valence electrons. The van der Waals surface area contributed by atoms with Gasteiger partial charge in [-0.05, 0) is 62.2 Å². The summed E-state index contributed by atoms with van der Waals surface area (Å²) in [6.07, 6.45) is 8.23. The van der Waals surface area contributed by atoms with Crippen molar-refractivity contribution in [3.63, 3.8) is 0 Å². The Bertz CT molecular complexity index is 485. The van der Waals surface area contributed by atoms with Crippen molar-refractivity contribution >= 4 is 5.97 Å². The summed E-state index contributed by atoms with van der Waals surface area (Å²) in [4.78, 5) is 22.5. The van der Waals surface area contributed by atoms with Gasteiger partial charge in [-0.3, -0.25) is 10.1 Å². The number of nitrogens with zero attached hydrogens (tertiary/aromatic N) is 1. The predicted molar refractivity (Wildman–Crippen MR) is 98.6 cm³/mol. The first-order chi connectivity index (χ1) is 12.3. The molecule has 26 heavy (non-hydrogen) atoms. The smallest absolute Gasteiger partial charge is 0.306 e. The lowest BCUT2D eigenvalue weighted by molar-refractivity contribution is -0.492. The van der Waals surface area contributed by atoms with Gasteiger partial charge in [0.2, 0.25) is 0 Å². The maximum atomic E-state index is 11.4. The van der Waals surface area contributed by atoms with E-state index in [-0.39, 0.29) is 24.2 Å². The van der Waals surface area contributed by atoms with E-state index >= 15 is 0 Å². The minimum Gasteiger partial charge on any atom is -0.481 e.